The van der Waals surface area contributed by atoms with Crippen LogP contribution in [-0.2, 0) is 17.5 Å². The Balaban J connectivity index is 2.34. The van der Waals surface area contributed by atoms with Crippen LogP contribution in [0.4, 0.5) is 13.2 Å². The monoisotopic (exact) mass is 281 g/mol. The Morgan fingerprint density at radius 3 is 2.67 bits per heavy atom. The third kappa shape index (κ3) is 5.71. The summed E-state index contributed by atoms with van der Waals surface area (Å²) in [7, 11) is 0. The molecule has 102 valence electrons. The lowest BCUT2D eigenvalue weighted by atomic mass is 10.1. The predicted octanol–water partition coefficient (Wildman–Crippen LogP) is 3.05. The molecule has 0 fully saturated rings. The Bertz CT molecular complexity index is 357. The van der Waals surface area contributed by atoms with Crippen molar-refractivity contribution in [2.24, 2.45) is 0 Å². The van der Waals surface area contributed by atoms with E-state index in [0.29, 0.717) is 37.7 Å². The molecule has 0 aliphatic heterocycles. The van der Waals surface area contributed by atoms with E-state index in [4.69, 9.17) is 16.3 Å². The number of nitrogens with one attached hydrogen (secondary N) is 1. The number of benzene rings is 1. The number of hydrogen-bond donors (Lipinski definition) is 1. The summed E-state index contributed by atoms with van der Waals surface area (Å²) in [5.41, 5.74) is -0.0256. The molecule has 6 heteroatoms. The summed E-state index contributed by atoms with van der Waals surface area (Å²) in [4.78, 5) is 0. The first-order chi connectivity index (χ1) is 8.54. The van der Waals surface area contributed by atoms with E-state index in [-0.39, 0.29) is 0 Å². The molecule has 0 bridgehead atoms. The van der Waals surface area contributed by atoms with Crippen LogP contribution in [0, 0.1) is 0 Å². The zero-order chi connectivity index (χ0) is 13.4. The summed E-state index contributed by atoms with van der Waals surface area (Å²) in [6.45, 7) is 1.93. The smallest absolute Gasteiger partial charge is 0.379 e. The number of halogens is 4. The summed E-state index contributed by atoms with van der Waals surface area (Å²) in [6, 6.07) is 5.27. The first-order valence-corrected chi connectivity index (χ1v) is 6.08. The molecular formula is C12H15ClF3NO. The largest absolute Gasteiger partial charge is 0.416 e. The van der Waals surface area contributed by atoms with Gasteiger partial charge in [-0.15, -0.1) is 11.6 Å². The highest BCUT2D eigenvalue weighted by Gasteiger charge is 2.30. The molecule has 1 N–H and O–H groups in total. The van der Waals surface area contributed by atoms with Crippen LogP contribution in [0.5, 0.6) is 0 Å². The van der Waals surface area contributed by atoms with E-state index in [2.05, 4.69) is 5.32 Å². The average Bonchev–Trinajstić information content (AvgIpc) is 2.33. The molecular weight excluding hydrogens is 267 g/mol. The Morgan fingerprint density at radius 2 is 2.00 bits per heavy atom. The fourth-order valence-corrected chi connectivity index (χ4v) is 1.50. The minimum absolute atomic E-state index is 0.383. The molecule has 0 saturated heterocycles. The van der Waals surface area contributed by atoms with Crippen LogP contribution in [0.2, 0.25) is 0 Å². The van der Waals surface area contributed by atoms with Crippen LogP contribution in [-0.4, -0.2) is 25.6 Å². The molecule has 18 heavy (non-hydrogen) atoms. The second kappa shape index (κ2) is 7.61. The van der Waals surface area contributed by atoms with Crippen molar-refractivity contribution in [2.75, 3.05) is 25.6 Å². The summed E-state index contributed by atoms with van der Waals surface area (Å²) in [6.07, 6.45) is -4.29. The zero-order valence-corrected chi connectivity index (χ0v) is 10.5. The second-order valence-corrected chi connectivity index (χ2v) is 4.05. The molecule has 2 nitrogen and oxygen atoms in total. The van der Waals surface area contributed by atoms with Gasteiger partial charge in [-0.25, -0.2) is 0 Å². The number of ether oxygens (including phenoxy) is 1. The van der Waals surface area contributed by atoms with Crippen molar-refractivity contribution < 1.29 is 17.9 Å². The van der Waals surface area contributed by atoms with E-state index in [9.17, 15) is 13.2 Å². The fraction of sp³-hybridized carbons (Fsp3) is 0.500. The van der Waals surface area contributed by atoms with Gasteiger partial charge >= 0.3 is 6.18 Å². The van der Waals surface area contributed by atoms with Crippen molar-refractivity contribution in [3.05, 3.63) is 35.4 Å². The quantitative estimate of drug-likeness (QED) is 0.613. The zero-order valence-electron chi connectivity index (χ0n) is 9.77. The van der Waals surface area contributed by atoms with Crippen LogP contribution in [0.1, 0.15) is 11.1 Å². The lowest BCUT2D eigenvalue weighted by Gasteiger charge is -2.09. The van der Waals surface area contributed by atoms with E-state index in [1.54, 1.807) is 6.07 Å². The molecule has 0 atom stereocenters. The van der Waals surface area contributed by atoms with Crippen molar-refractivity contribution in [1.82, 2.24) is 5.32 Å². The molecule has 1 rings (SSSR count). The third-order valence-electron chi connectivity index (χ3n) is 2.23. The molecule has 0 aliphatic rings. The van der Waals surface area contributed by atoms with E-state index in [1.165, 1.54) is 6.07 Å². The Kier molecular flexibility index (Phi) is 6.46. The molecule has 0 saturated carbocycles. The second-order valence-electron chi connectivity index (χ2n) is 3.68. The average molecular weight is 282 g/mol. The van der Waals surface area contributed by atoms with Crippen molar-refractivity contribution >= 4 is 11.6 Å². The molecule has 0 unspecified atom stereocenters. The molecule has 0 radical (unpaired) electrons. The summed E-state index contributed by atoms with van der Waals surface area (Å²) >= 11 is 5.42. The predicted molar refractivity (Wildman–Crippen MR) is 64.7 cm³/mol. The standard InChI is InChI=1S/C12H15ClF3NO/c13-4-6-18-7-5-17-9-10-2-1-3-11(8-10)12(14,15)16/h1-3,8,17H,4-7,9H2. The summed E-state index contributed by atoms with van der Waals surface area (Å²) in [5, 5.41) is 3.00. The van der Waals surface area contributed by atoms with Crippen molar-refractivity contribution in [3.8, 4) is 0 Å². The highest BCUT2D eigenvalue weighted by Crippen LogP contribution is 2.29. The van der Waals surface area contributed by atoms with Gasteiger partial charge in [0.25, 0.3) is 0 Å². The van der Waals surface area contributed by atoms with E-state index in [1.807, 2.05) is 0 Å². The highest BCUT2D eigenvalue weighted by atomic mass is 35.5. The van der Waals surface area contributed by atoms with Gasteiger partial charge in [-0.1, -0.05) is 18.2 Å². The Labute approximate surface area is 109 Å². The van der Waals surface area contributed by atoms with E-state index < -0.39 is 11.7 Å². The molecule has 0 aromatic heterocycles. The lowest BCUT2D eigenvalue weighted by molar-refractivity contribution is -0.137. The van der Waals surface area contributed by atoms with Gasteiger partial charge in [0, 0.05) is 19.0 Å². The van der Waals surface area contributed by atoms with Crippen molar-refractivity contribution in [2.45, 2.75) is 12.7 Å². The van der Waals surface area contributed by atoms with Gasteiger partial charge < -0.3 is 10.1 Å². The van der Waals surface area contributed by atoms with Crippen LogP contribution in [0.3, 0.4) is 0 Å². The minimum atomic E-state index is -4.29. The van der Waals surface area contributed by atoms with Crippen LogP contribution < -0.4 is 5.32 Å². The molecule has 0 aliphatic carbocycles. The lowest BCUT2D eigenvalue weighted by Crippen LogP contribution is -2.20. The summed E-state index contributed by atoms with van der Waals surface area (Å²) in [5.74, 6) is 0.438. The normalized spacial score (nSPS) is 11.8. The maximum absolute atomic E-state index is 12.4. The SMILES string of the molecule is FC(F)(F)c1cccc(CNCCOCCCl)c1. The van der Waals surface area contributed by atoms with Gasteiger partial charge in [0.2, 0.25) is 0 Å². The molecule has 1 aromatic carbocycles. The Hall–Kier alpha value is -0.780. The van der Waals surface area contributed by atoms with Crippen LogP contribution in [0.15, 0.2) is 24.3 Å². The van der Waals surface area contributed by atoms with Gasteiger partial charge in [-0.3, -0.25) is 0 Å². The maximum atomic E-state index is 12.4. The number of hydrogen-bond acceptors (Lipinski definition) is 2. The number of alkyl halides is 4. The van der Waals surface area contributed by atoms with Crippen molar-refractivity contribution in [1.29, 1.82) is 0 Å². The minimum Gasteiger partial charge on any atom is -0.379 e. The first kappa shape index (κ1) is 15.3. The van der Waals surface area contributed by atoms with Crippen molar-refractivity contribution in [3.63, 3.8) is 0 Å². The van der Waals surface area contributed by atoms with Crippen LogP contribution >= 0.6 is 11.6 Å². The van der Waals surface area contributed by atoms with Gasteiger partial charge in [0.1, 0.15) is 0 Å². The molecule has 0 spiro atoms. The highest BCUT2D eigenvalue weighted by molar-refractivity contribution is 6.17. The number of rotatable bonds is 7. The van der Waals surface area contributed by atoms with Gasteiger partial charge in [-0.2, -0.15) is 13.2 Å². The molecule has 0 amide bonds. The molecule has 0 heterocycles. The topological polar surface area (TPSA) is 21.3 Å². The maximum Gasteiger partial charge on any atom is 0.416 e. The van der Waals surface area contributed by atoms with Gasteiger partial charge in [0.05, 0.1) is 18.8 Å². The summed E-state index contributed by atoms with van der Waals surface area (Å²) < 4.78 is 42.5. The van der Waals surface area contributed by atoms with Gasteiger partial charge in [0.15, 0.2) is 0 Å². The Morgan fingerprint density at radius 1 is 1.22 bits per heavy atom. The molecule has 1 aromatic rings. The first-order valence-electron chi connectivity index (χ1n) is 5.54. The van der Waals surface area contributed by atoms with Crippen LogP contribution in [0.25, 0.3) is 0 Å². The fourth-order valence-electron chi connectivity index (χ4n) is 1.39. The third-order valence-corrected chi connectivity index (χ3v) is 2.38. The van der Waals surface area contributed by atoms with E-state index >= 15 is 0 Å². The van der Waals surface area contributed by atoms with Gasteiger partial charge in [-0.05, 0) is 11.6 Å². The van der Waals surface area contributed by atoms with E-state index in [0.717, 1.165) is 12.1 Å².